The van der Waals surface area contributed by atoms with Gasteiger partial charge in [0, 0.05) is 17.5 Å². The molecule has 1 amide bonds. The van der Waals surface area contributed by atoms with Crippen LogP contribution in [-0.2, 0) is 4.79 Å². The lowest BCUT2D eigenvalue weighted by atomic mass is 10.1. The SMILES string of the molecule is Cc1ccc(-c2nnc(SCC(=O)NN=CC=Cc3ccco3)n2-c2ccc(C)cc2)cc1. The van der Waals surface area contributed by atoms with Gasteiger partial charge >= 0.3 is 0 Å². The first-order valence-corrected chi connectivity index (χ1v) is 11.3. The highest BCUT2D eigenvalue weighted by Crippen LogP contribution is 2.28. The van der Waals surface area contributed by atoms with Crippen molar-refractivity contribution in [2.75, 3.05) is 5.75 Å². The largest absolute Gasteiger partial charge is 0.465 e. The number of amides is 1. The Morgan fingerprint density at radius 3 is 2.48 bits per heavy atom. The lowest BCUT2D eigenvalue weighted by Crippen LogP contribution is -2.19. The molecule has 4 rings (SSSR count). The molecule has 0 bridgehead atoms. The summed E-state index contributed by atoms with van der Waals surface area (Å²) in [7, 11) is 0. The van der Waals surface area contributed by atoms with Crippen LogP contribution in [0.2, 0.25) is 0 Å². The van der Waals surface area contributed by atoms with Gasteiger partial charge in [0.25, 0.3) is 5.91 Å². The van der Waals surface area contributed by atoms with Gasteiger partial charge in [0.15, 0.2) is 11.0 Å². The van der Waals surface area contributed by atoms with Crippen LogP contribution in [0.25, 0.3) is 23.2 Å². The standard InChI is InChI=1S/C25H23N5O2S/c1-18-7-11-20(12-8-18)24-28-29-25(30(24)21-13-9-19(2)10-14-21)33-17-23(31)27-26-15-3-5-22-6-4-16-32-22/h3-16H,17H2,1-2H3,(H,27,31). The molecule has 0 unspecified atom stereocenters. The Kier molecular flexibility index (Phi) is 7.16. The van der Waals surface area contributed by atoms with E-state index in [9.17, 15) is 4.79 Å². The number of furan rings is 1. The number of hydrogen-bond donors (Lipinski definition) is 1. The lowest BCUT2D eigenvalue weighted by Gasteiger charge is -2.11. The van der Waals surface area contributed by atoms with Crippen LogP contribution in [0, 0.1) is 13.8 Å². The highest BCUT2D eigenvalue weighted by Gasteiger charge is 2.17. The van der Waals surface area contributed by atoms with E-state index in [2.05, 4.69) is 20.7 Å². The summed E-state index contributed by atoms with van der Waals surface area (Å²) in [5.74, 6) is 1.35. The van der Waals surface area contributed by atoms with Crippen LogP contribution in [0.15, 0.2) is 87.7 Å². The van der Waals surface area contributed by atoms with Crippen LogP contribution in [0.4, 0.5) is 0 Å². The van der Waals surface area contributed by atoms with Gasteiger partial charge < -0.3 is 4.42 Å². The highest BCUT2D eigenvalue weighted by atomic mass is 32.2. The second-order valence-electron chi connectivity index (χ2n) is 7.32. The zero-order valence-electron chi connectivity index (χ0n) is 18.3. The van der Waals surface area contributed by atoms with E-state index in [1.165, 1.54) is 23.5 Å². The molecular formula is C25H23N5O2S. The number of aryl methyl sites for hydroxylation is 2. The highest BCUT2D eigenvalue weighted by molar-refractivity contribution is 7.99. The zero-order valence-corrected chi connectivity index (χ0v) is 19.1. The number of nitrogens with zero attached hydrogens (tertiary/aromatic N) is 4. The third kappa shape index (κ3) is 5.87. The summed E-state index contributed by atoms with van der Waals surface area (Å²) in [6.45, 7) is 4.09. The summed E-state index contributed by atoms with van der Waals surface area (Å²) in [5, 5.41) is 13.3. The normalized spacial score (nSPS) is 11.5. The van der Waals surface area contributed by atoms with E-state index in [-0.39, 0.29) is 11.7 Å². The van der Waals surface area contributed by atoms with Gasteiger partial charge in [0.2, 0.25) is 0 Å². The summed E-state index contributed by atoms with van der Waals surface area (Å²) < 4.78 is 7.16. The van der Waals surface area contributed by atoms with Crippen molar-refractivity contribution in [3.63, 3.8) is 0 Å². The molecule has 166 valence electrons. The predicted octanol–water partition coefficient (Wildman–Crippen LogP) is 5.05. The number of nitrogens with one attached hydrogen (secondary N) is 1. The van der Waals surface area contributed by atoms with Crippen molar-refractivity contribution in [3.05, 3.63) is 89.9 Å². The van der Waals surface area contributed by atoms with Gasteiger partial charge in [-0.1, -0.05) is 59.3 Å². The van der Waals surface area contributed by atoms with Gasteiger partial charge in [-0.25, -0.2) is 5.43 Å². The first-order chi connectivity index (χ1) is 16.1. The Morgan fingerprint density at radius 2 is 1.79 bits per heavy atom. The van der Waals surface area contributed by atoms with Crippen molar-refractivity contribution in [3.8, 4) is 17.1 Å². The molecule has 0 spiro atoms. The topological polar surface area (TPSA) is 85.3 Å². The molecule has 2 aromatic carbocycles. The molecule has 0 aliphatic carbocycles. The molecule has 0 atom stereocenters. The molecule has 0 fully saturated rings. The van der Waals surface area contributed by atoms with Crippen LogP contribution < -0.4 is 5.43 Å². The van der Waals surface area contributed by atoms with E-state index < -0.39 is 0 Å². The molecule has 1 N–H and O–H groups in total. The Hall–Kier alpha value is -3.91. The minimum atomic E-state index is -0.238. The van der Waals surface area contributed by atoms with Gasteiger partial charge in [-0.15, -0.1) is 10.2 Å². The lowest BCUT2D eigenvalue weighted by molar-refractivity contribution is -0.118. The molecule has 7 nitrogen and oxygen atoms in total. The summed E-state index contributed by atoms with van der Waals surface area (Å²) in [6, 6.07) is 19.9. The number of hydrogen-bond acceptors (Lipinski definition) is 6. The number of hydrazone groups is 1. The number of benzene rings is 2. The second kappa shape index (κ2) is 10.6. The van der Waals surface area contributed by atoms with Gasteiger partial charge in [-0.05, 0) is 50.3 Å². The maximum atomic E-state index is 12.3. The summed E-state index contributed by atoms with van der Waals surface area (Å²) in [5.41, 5.74) is 6.74. The fourth-order valence-electron chi connectivity index (χ4n) is 3.02. The second-order valence-corrected chi connectivity index (χ2v) is 8.26. The number of allylic oxidation sites excluding steroid dienone is 1. The summed E-state index contributed by atoms with van der Waals surface area (Å²) in [6.07, 6.45) is 6.53. The third-order valence-electron chi connectivity index (χ3n) is 4.72. The molecule has 0 saturated heterocycles. The van der Waals surface area contributed by atoms with Crippen LogP contribution >= 0.6 is 11.8 Å². The van der Waals surface area contributed by atoms with E-state index in [0.717, 1.165) is 22.6 Å². The third-order valence-corrected chi connectivity index (χ3v) is 5.65. The summed E-state index contributed by atoms with van der Waals surface area (Å²) in [4.78, 5) is 12.3. The molecule has 0 saturated carbocycles. The fraction of sp³-hybridized carbons (Fsp3) is 0.120. The van der Waals surface area contributed by atoms with Gasteiger partial charge in [0.1, 0.15) is 5.76 Å². The van der Waals surface area contributed by atoms with E-state index in [1.54, 1.807) is 24.5 Å². The zero-order chi connectivity index (χ0) is 23.0. The van der Waals surface area contributed by atoms with E-state index in [1.807, 2.05) is 73.0 Å². The Labute approximate surface area is 196 Å². The van der Waals surface area contributed by atoms with E-state index in [4.69, 9.17) is 4.42 Å². The van der Waals surface area contributed by atoms with Crippen molar-refractivity contribution in [1.29, 1.82) is 0 Å². The first-order valence-electron chi connectivity index (χ1n) is 10.3. The van der Waals surface area contributed by atoms with Crippen LogP contribution in [0.3, 0.4) is 0 Å². The van der Waals surface area contributed by atoms with Crippen molar-refractivity contribution >= 4 is 30.0 Å². The number of carbonyl (C=O) groups excluding carboxylic acids is 1. The van der Waals surface area contributed by atoms with Crippen LogP contribution in [-0.4, -0.2) is 32.6 Å². The van der Waals surface area contributed by atoms with Crippen molar-refractivity contribution in [2.24, 2.45) is 5.10 Å². The molecule has 0 aliphatic heterocycles. The predicted molar refractivity (Wildman–Crippen MR) is 131 cm³/mol. The minimum Gasteiger partial charge on any atom is -0.465 e. The van der Waals surface area contributed by atoms with E-state index >= 15 is 0 Å². The maximum Gasteiger partial charge on any atom is 0.250 e. The van der Waals surface area contributed by atoms with Gasteiger partial charge in [-0.3, -0.25) is 9.36 Å². The average molecular weight is 458 g/mol. The minimum absolute atomic E-state index is 0.150. The summed E-state index contributed by atoms with van der Waals surface area (Å²) >= 11 is 1.31. The molecule has 2 aromatic heterocycles. The monoisotopic (exact) mass is 457 g/mol. The van der Waals surface area contributed by atoms with Crippen molar-refractivity contribution in [1.82, 2.24) is 20.2 Å². The quantitative estimate of drug-likeness (QED) is 0.227. The van der Waals surface area contributed by atoms with Crippen LogP contribution in [0.5, 0.6) is 0 Å². The molecule has 2 heterocycles. The molecule has 33 heavy (non-hydrogen) atoms. The number of rotatable bonds is 8. The molecule has 0 radical (unpaired) electrons. The fourth-order valence-corrected chi connectivity index (χ4v) is 3.76. The van der Waals surface area contributed by atoms with Crippen molar-refractivity contribution in [2.45, 2.75) is 19.0 Å². The maximum absolute atomic E-state index is 12.3. The first kappa shape index (κ1) is 22.3. The number of carbonyl (C=O) groups is 1. The molecule has 0 aliphatic rings. The number of aromatic nitrogens is 3. The Morgan fingerprint density at radius 1 is 1.06 bits per heavy atom. The van der Waals surface area contributed by atoms with Gasteiger partial charge in [-0.2, -0.15) is 5.10 Å². The van der Waals surface area contributed by atoms with E-state index in [0.29, 0.717) is 10.9 Å². The molecule has 8 heteroatoms. The average Bonchev–Trinajstić information content (AvgIpc) is 3.49. The molecular weight excluding hydrogens is 434 g/mol. The van der Waals surface area contributed by atoms with Crippen molar-refractivity contribution < 1.29 is 9.21 Å². The number of thioether (sulfide) groups is 1. The van der Waals surface area contributed by atoms with Gasteiger partial charge in [0.05, 0.1) is 12.0 Å². The van der Waals surface area contributed by atoms with Crippen LogP contribution in [0.1, 0.15) is 16.9 Å². The molecule has 4 aromatic rings. The Balaban J connectivity index is 1.47. The smallest absolute Gasteiger partial charge is 0.250 e. The Bertz CT molecular complexity index is 1260.